The Morgan fingerprint density at radius 2 is 1.88 bits per heavy atom. The van der Waals surface area contributed by atoms with Gasteiger partial charge in [0.25, 0.3) is 0 Å². The number of rotatable bonds is 1. The third kappa shape index (κ3) is 3.65. The Balaban J connectivity index is 0.000000203. The van der Waals surface area contributed by atoms with Gasteiger partial charge in [-0.2, -0.15) is 0 Å². The zero-order valence-electron chi connectivity index (χ0n) is 13.4. The van der Waals surface area contributed by atoms with Crippen LogP contribution in [0.5, 0.6) is 0 Å². The SMILES string of the molecule is O=C1NCC[C@@H]1O.O=C1NCC[C@H]1N1CCCc2cc(Cl)ccc21. The summed E-state index contributed by atoms with van der Waals surface area (Å²) in [5, 5.41) is 14.7. The molecule has 1 aromatic rings. The van der Waals surface area contributed by atoms with Crippen molar-refractivity contribution in [1.29, 1.82) is 0 Å². The molecule has 0 aromatic heterocycles. The molecule has 3 heterocycles. The minimum Gasteiger partial charge on any atom is -0.383 e. The van der Waals surface area contributed by atoms with Gasteiger partial charge in [0.05, 0.1) is 0 Å². The van der Waals surface area contributed by atoms with Crippen LogP contribution in [-0.4, -0.2) is 48.7 Å². The molecule has 3 N–H and O–H groups in total. The van der Waals surface area contributed by atoms with E-state index >= 15 is 0 Å². The van der Waals surface area contributed by atoms with Crippen molar-refractivity contribution in [3.8, 4) is 0 Å². The number of anilines is 1. The van der Waals surface area contributed by atoms with Crippen molar-refractivity contribution in [3.05, 3.63) is 28.8 Å². The number of hydrogen-bond donors (Lipinski definition) is 3. The van der Waals surface area contributed by atoms with Gasteiger partial charge in [-0.05, 0) is 49.4 Å². The standard InChI is InChI=1S/C13H15ClN2O.C4H7NO2/c14-10-3-4-11-9(8-10)2-1-7-16(11)12-5-6-15-13(12)17;6-3-1-2-5-4(3)7/h3-4,8,12H,1-2,5-7H2,(H,15,17);3,6H,1-2H2,(H,5,7)/t12-;3-/m10/s1. The molecule has 0 spiro atoms. The Bertz CT molecular complexity index is 638. The number of fused-ring (bicyclic) bond motifs is 1. The number of amides is 2. The number of aliphatic hydroxyl groups is 1. The number of halogens is 1. The third-order valence-electron chi connectivity index (χ3n) is 4.61. The zero-order valence-corrected chi connectivity index (χ0v) is 14.2. The van der Waals surface area contributed by atoms with E-state index in [1.807, 2.05) is 18.2 Å². The van der Waals surface area contributed by atoms with Crippen molar-refractivity contribution in [2.45, 2.75) is 37.8 Å². The van der Waals surface area contributed by atoms with Crippen molar-refractivity contribution >= 4 is 29.1 Å². The largest absolute Gasteiger partial charge is 0.383 e. The molecule has 3 aliphatic rings. The quantitative estimate of drug-likeness (QED) is 0.700. The van der Waals surface area contributed by atoms with Crippen LogP contribution >= 0.6 is 11.6 Å². The topological polar surface area (TPSA) is 81.7 Å². The number of hydrogen-bond acceptors (Lipinski definition) is 4. The molecule has 2 amide bonds. The summed E-state index contributed by atoms with van der Waals surface area (Å²) in [7, 11) is 0. The van der Waals surface area contributed by atoms with E-state index in [4.69, 9.17) is 16.7 Å². The maximum absolute atomic E-state index is 11.8. The predicted molar refractivity (Wildman–Crippen MR) is 92.2 cm³/mol. The number of carbonyl (C=O) groups excluding carboxylic acids is 2. The molecule has 6 nitrogen and oxygen atoms in total. The first kappa shape index (κ1) is 17.0. The highest BCUT2D eigenvalue weighted by atomic mass is 35.5. The monoisotopic (exact) mass is 351 g/mol. The first-order chi connectivity index (χ1) is 11.6. The summed E-state index contributed by atoms with van der Waals surface area (Å²) >= 11 is 6.01. The van der Waals surface area contributed by atoms with Crippen molar-refractivity contribution < 1.29 is 14.7 Å². The van der Waals surface area contributed by atoms with Gasteiger partial charge in [0.15, 0.2) is 0 Å². The van der Waals surface area contributed by atoms with E-state index in [1.165, 1.54) is 11.3 Å². The maximum Gasteiger partial charge on any atom is 0.248 e. The molecule has 2 fully saturated rings. The first-order valence-electron chi connectivity index (χ1n) is 8.35. The summed E-state index contributed by atoms with van der Waals surface area (Å²) in [6, 6.07) is 5.99. The second-order valence-electron chi connectivity index (χ2n) is 6.26. The van der Waals surface area contributed by atoms with Crippen molar-refractivity contribution in [2.24, 2.45) is 0 Å². The molecule has 1 aromatic carbocycles. The average Bonchev–Trinajstić information content (AvgIpc) is 3.16. The molecule has 7 heteroatoms. The summed E-state index contributed by atoms with van der Waals surface area (Å²) in [4.78, 5) is 24.2. The summed E-state index contributed by atoms with van der Waals surface area (Å²) in [6.07, 6.45) is 2.89. The molecule has 130 valence electrons. The Morgan fingerprint density at radius 1 is 1.12 bits per heavy atom. The van der Waals surface area contributed by atoms with Crippen LogP contribution in [0.25, 0.3) is 0 Å². The van der Waals surface area contributed by atoms with Crippen LogP contribution in [0.1, 0.15) is 24.8 Å². The lowest BCUT2D eigenvalue weighted by molar-refractivity contribution is -0.126. The molecule has 0 bridgehead atoms. The third-order valence-corrected chi connectivity index (χ3v) is 4.85. The van der Waals surface area contributed by atoms with Crippen LogP contribution in [0.2, 0.25) is 5.02 Å². The fraction of sp³-hybridized carbons (Fsp3) is 0.529. The van der Waals surface area contributed by atoms with E-state index in [0.717, 1.165) is 37.4 Å². The summed E-state index contributed by atoms with van der Waals surface area (Å²) < 4.78 is 0. The van der Waals surface area contributed by atoms with Crippen LogP contribution in [0.3, 0.4) is 0 Å². The minimum absolute atomic E-state index is 0.00947. The van der Waals surface area contributed by atoms with E-state index in [-0.39, 0.29) is 17.9 Å². The van der Waals surface area contributed by atoms with Crippen LogP contribution in [0, 0.1) is 0 Å². The van der Waals surface area contributed by atoms with Gasteiger partial charge in [-0.25, -0.2) is 0 Å². The van der Waals surface area contributed by atoms with Crippen molar-refractivity contribution in [2.75, 3.05) is 24.5 Å². The molecular weight excluding hydrogens is 330 g/mol. The van der Waals surface area contributed by atoms with Crippen LogP contribution in [0.15, 0.2) is 18.2 Å². The molecular formula is C17H22ClN3O3. The van der Waals surface area contributed by atoms with Gasteiger partial charge in [0.2, 0.25) is 11.8 Å². The molecule has 0 aliphatic carbocycles. The number of carbonyl (C=O) groups is 2. The highest BCUT2D eigenvalue weighted by molar-refractivity contribution is 6.30. The molecule has 2 atom stereocenters. The van der Waals surface area contributed by atoms with Crippen molar-refractivity contribution in [1.82, 2.24) is 10.6 Å². The highest BCUT2D eigenvalue weighted by Crippen LogP contribution is 2.32. The fourth-order valence-corrected chi connectivity index (χ4v) is 3.57. The van der Waals surface area contributed by atoms with Gasteiger partial charge in [-0.15, -0.1) is 0 Å². The molecule has 2 saturated heterocycles. The number of nitrogens with one attached hydrogen (secondary N) is 2. The highest BCUT2D eigenvalue weighted by Gasteiger charge is 2.32. The van der Waals surface area contributed by atoms with Gasteiger partial charge in [-0.3, -0.25) is 9.59 Å². The molecule has 0 saturated carbocycles. The smallest absolute Gasteiger partial charge is 0.248 e. The van der Waals surface area contributed by atoms with Crippen LogP contribution < -0.4 is 15.5 Å². The number of aryl methyl sites for hydroxylation is 1. The summed E-state index contributed by atoms with van der Waals surface area (Å²) in [5.41, 5.74) is 2.45. The molecule has 0 radical (unpaired) electrons. The normalized spacial score (nSPS) is 25.5. The Kier molecular flexibility index (Phi) is 5.26. The van der Waals surface area contributed by atoms with Gasteiger partial charge in [0.1, 0.15) is 12.1 Å². The van der Waals surface area contributed by atoms with Crippen molar-refractivity contribution in [3.63, 3.8) is 0 Å². The predicted octanol–water partition coefficient (Wildman–Crippen LogP) is 0.848. The van der Waals surface area contributed by atoms with E-state index in [0.29, 0.717) is 13.0 Å². The summed E-state index contributed by atoms with van der Waals surface area (Å²) in [5.74, 6) is -0.0761. The van der Waals surface area contributed by atoms with Crippen LogP contribution in [-0.2, 0) is 16.0 Å². The van der Waals surface area contributed by atoms with E-state index in [9.17, 15) is 9.59 Å². The Morgan fingerprint density at radius 3 is 2.46 bits per heavy atom. The lowest BCUT2D eigenvalue weighted by atomic mass is 9.99. The zero-order chi connectivity index (χ0) is 17.1. The number of nitrogens with zero attached hydrogens (tertiary/aromatic N) is 1. The van der Waals surface area contributed by atoms with Gasteiger partial charge >= 0.3 is 0 Å². The molecule has 3 aliphatic heterocycles. The first-order valence-corrected chi connectivity index (χ1v) is 8.72. The Labute approximate surface area is 146 Å². The minimum atomic E-state index is -0.736. The van der Waals surface area contributed by atoms with Gasteiger partial charge in [-0.1, -0.05) is 11.6 Å². The van der Waals surface area contributed by atoms with E-state index in [1.54, 1.807) is 0 Å². The van der Waals surface area contributed by atoms with Gasteiger partial charge in [0, 0.05) is 30.3 Å². The lowest BCUT2D eigenvalue weighted by Gasteiger charge is -2.34. The van der Waals surface area contributed by atoms with E-state index < -0.39 is 6.10 Å². The number of aliphatic hydroxyl groups excluding tert-OH is 1. The maximum atomic E-state index is 11.8. The average molecular weight is 352 g/mol. The number of benzene rings is 1. The molecule has 0 unspecified atom stereocenters. The lowest BCUT2D eigenvalue weighted by Crippen LogP contribution is -2.43. The molecule has 4 rings (SSSR count). The fourth-order valence-electron chi connectivity index (χ4n) is 3.38. The van der Waals surface area contributed by atoms with Crippen LogP contribution in [0.4, 0.5) is 5.69 Å². The second-order valence-corrected chi connectivity index (χ2v) is 6.70. The molecule has 24 heavy (non-hydrogen) atoms. The summed E-state index contributed by atoms with van der Waals surface area (Å²) in [6.45, 7) is 2.38. The second kappa shape index (κ2) is 7.40. The Hall–Kier alpha value is -1.79. The van der Waals surface area contributed by atoms with Gasteiger partial charge < -0.3 is 20.6 Å². The van der Waals surface area contributed by atoms with E-state index in [2.05, 4.69) is 15.5 Å².